The lowest BCUT2D eigenvalue weighted by Crippen LogP contribution is -2.12. The molecule has 3 heterocycles. The van der Waals surface area contributed by atoms with Crippen molar-refractivity contribution in [3.8, 4) is 11.1 Å². The third-order valence-corrected chi connectivity index (χ3v) is 3.80. The monoisotopic (exact) mass is 263 g/mol. The van der Waals surface area contributed by atoms with Crippen molar-refractivity contribution in [3.63, 3.8) is 0 Å². The number of carbonyl (C=O) groups excluding carboxylic acids is 1. The Morgan fingerprint density at radius 1 is 1.15 bits per heavy atom. The molecule has 2 aromatic heterocycles. The second-order valence-electron chi connectivity index (χ2n) is 5.11. The van der Waals surface area contributed by atoms with Gasteiger partial charge in [0.1, 0.15) is 0 Å². The number of hydrogen-bond donors (Lipinski definition) is 1. The van der Waals surface area contributed by atoms with Gasteiger partial charge in [0.15, 0.2) is 0 Å². The number of fused-ring (bicyclic) bond motifs is 2. The highest BCUT2D eigenvalue weighted by atomic mass is 16.1. The van der Waals surface area contributed by atoms with Gasteiger partial charge in [-0.1, -0.05) is 18.2 Å². The molecular weight excluding hydrogens is 250 g/mol. The highest BCUT2D eigenvalue weighted by Gasteiger charge is 2.22. The second kappa shape index (κ2) is 3.93. The molecule has 1 amide bonds. The minimum atomic E-state index is 0.00849. The van der Waals surface area contributed by atoms with Gasteiger partial charge in [0.05, 0.1) is 11.7 Å². The van der Waals surface area contributed by atoms with Crippen molar-refractivity contribution >= 4 is 11.4 Å². The highest BCUT2D eigenvalue weighted by Crippen LogP contribution is 2.31. The van der Waals surface area contributed by atoms with E-state index in [1.165, 1.54) is 5.56 Å². The number of carbonyl (C=O) groups is 1. The van der Waals surface area contributed by atoms with Crippen molar-refractivity contribution in [3.05, 3.63) is 59.4 Å². The van der Waals surface area contributed by atoms with E-state index in [0.29, 0.717) is 6.54 Å². The van der Waals surface area contributed by atoms with Gasteiger partial charge in [-0.15, -0.1) is 0 Å². The molecule has 1 aromatic carbocycles. The summed E-state index contributed by atoms with van der Waals surface area (Å²) in [4.78, 5) is 11.8. The fourth-order valence-corrected chi connectivity index (χ4v) is 2.80. The normalized spacial score (nSPS) is 13.6. The second-order valence-corrected chi connectivity index (χ2v) is 5.11. The zero-order chi connectivity index (χ0) is 13.7. The number of amides is 1. The summed E-state index contributed by atoms with van der Waals surface area (Å²) in [7, 11) is 0. The zero-order valence-corrected chi connectivity index (χ0v) is 11.1. The van der Waals surface area contributed by atoms with Crippen LogP contribution in [0.4, 0.5) is 0 Å². The molecule has 0 unspecified atom stereocenters. The molecule has 0 fully saturated rings. The van der Waals surface area contributed by atoms with Crippen LogP contribution in [0.3, 0.4) is 0 Å². The number of nitrogens with zero attached hydrogens (tertiary/aromatic N) is 2. The van der Waals surface area contributed by atoms with Crippen LogP contribution in [0, 0.1) is 6.92 Å². The lowest BCUT2D eigenvalue weighted by atomic mass is 9.98. The van der Waals surface area contributed by atoms with Crippen LogP contribution < -0.4 is 5.32 Å². The molecule has 1 aliphatic rings. The van der Waals surface area contributed by atoms with Gasteiger partial charge in [-0.3, -0.25) is 4.79 Å². The number of hydrogen-bond acceptors (Lipinski definition) is 2. The van der Waals surface area contributed by atoms with Gasteiger partial charge >= 0.3 is 0 Å². The van der Waals surface area contributed by atoms with E-state index in [1.807, 2.05) is 36.0 Å². The maximum atomic E-state index is 11.8. The average Bonchev–Trinajstić information content (AvgIpc) is 3.03. The molecular formula is C16H13N3O. The molecule has 0 aliphatic carbocycles. The Kier molecular flexibility index (Phi) is 2.21. The molecule has 4 nitrogen and oxygen atoms in total. The topological polar surface area (TPSA) is 46.4 Å². The molecule has 1 aliphatic heterocycles. The van der Waals surface area contributed by atoms with Gasteiger partial charge in [-0.05, 0) is 35.7 Å². The lowest BCUT2D eigenvalue weighted by Gasteiger charge is -2.05. The smallest absolute Gasteiger partial charge is 0.251 e. The van der Waals surface area contributed by atoms with Crippen LogP contribution >= 0.6 is 0 Å². The van der Waals surface area contributed by atoms with Gasteiger partial charge in [-0.25, -0.2) is 4.52 Å². The minimum Gasteiger partial charge on any atom is -0.348 e. The van der Waals surface area contributed by atoms with Crippen molar-refractivity contribution in [2.45, 2.75) is 13.5 Å². The lowest BCUT2D eigenvalue weighted by molar-refractivity contribution is 0.0966. The Bertz CT molecular complexity index is 848. The van der Waals surface area contributed by atoms with Gasteiger partial charge in [0, 0.05) is 23.9 Å². The van der Waals surface area contributed by atoms with E-state index >= 15 is 0 Å². The van der Waals surface area contributed by atoms with Crippen molar-refractivity contribution in [1.29, 1.82) is 0 Å². The molecule has 0 bridgehead atoms. The third-order valence-electron chi connectivity index (χ3n) is 3.80. The molecule has 0 saturated carbocycles. The van der Waals surface area contributed by atoms with Crippen LogP contribution in [-0.2, 0) is 6.54 Å². The predicted molar refractivity (Wildman–Crippen MR) is 76.5 cm³/mol. The molecule has 0 atom stereocenters. The highest BCUT2D eigenvalue weighted by molar-refractivity contribution is 6.01. The van der Waals surface area contributed by atoms with E-state index < -0.39 is 0 Å². The summed E-state index contributed by atoms with van der Waals surface area (Å²) < 4.78 is 1.88. The molecule has 0 spiro atoms. The molecule has 1 N–H and O–H groups in total. The summed E-state index contributed by atoms with van der Waals surface area (Å²) in [5.74, 6) is 0.00849. The minimum absolute atomic E-state index is 0.00849. The van der Waals surface area contributed by atoms with Crippen molar-refractivity contribution < 1.29 is 4.79 Å². The number of benzene rings is 1. The van der Waals surface area contributed by atoms with E-state index in [1.54, 1.807) is 0 Å². The SMILES string of the molecule is Cc1ccc2c(-c3cccc4c3CNC4=O)cnn2c1. The third kappa shape index (κ3) is 1.48. The van der Waals surface area contributed by atoms with E-state index in [-0.39, 0.29) is 5.91 Å². The van der Waals surface area contributed by atoms with E-state index in [0.717, 1.165) is 27.8 Å². The van der Waals surface area contributed by atoms with Crippen LogP contribution in [-0.4, -0.2) is 15.5 Å². The van der Waals surface area contributed by atoms with Crippen LogP contribution in [0.25, 0.3) is 16.6 Å². The van der Waals surface area contributed by atoms with Gasteiger partial charge in [0.2, 0.25) is 0 Å². The molecule has 0 saturated heterocycles. The molecule has 4 rings (SSSR count). The van der Waals surface area contributed by atoms with E-state index in [9.17, 15) is 4.79 Å². The fraction of sp³-hybridized carbons (Fsp3) is 0.125. The number of rotatable bonds is 1. The first kappa shape index (κ1) is 11.2. The van der Waals surface area contributed by atoms with Gasteiger partial charge < -0.3 is 5.32 Å². The molecule has 98 valence electrons. The first-order valence-corrected chi connectivity index (χ1v) is 6.58. The average molecular weight is 263 g/mol. The number of nitrogens with one attached hydrogen (secondary N) is 1. The van der Waals surface area contributed by atoms with Crippen LogP contribution in [0.15, 0.2) is 42.7 Å². The summed E-state index contributed by atoms with van der Waals surface area (Å²) in [6.07, 6.45) is 3.87. The van der Waals surface area contributed by atoms with Crippen molar-refractivity contribution in [1.82, 2.24) is 14.9 Å². The summed E-state index contributed by atoms with van der Waals surface area (Å²) in [5.41, 5.74) is 6.21. The van der Waals surface area contributed by atoms with Crippen LogP contribution in [0.5, 0.6) is 0 Å². The quantitative estimate of drug-likeness (QED) is 0.733. The van der Waals surface area contributed by atoms with Crippen LogP contribution in [0.2, 0.25) is 0 Å². The molecule has 0 radical (unpaired) electrons. The Balaban J connectivity index is 1.99. The summed E-state index contributed by atoms with van der Waals surface area (Å²) in [5, 5.41) is 7.29. The van der Waals surface area contributed by atoms with E-state index in [4.69, 9.17) is 0 Å². The maximum absolute atomic E-state index is 11.8. The molecule has 20 heavy (non-hydrogen) atoms. The standard InChI is InChI=1S/C16H13N3O/c1-10-5-6-15-14(8-18-19(15)9-10)11-3-2-4-12-13(11)7-17-16(12)20/h2-6,8-9H,7H2,1H3,(H,17,20). The number of pyridine rings is 1. The van der Waals surface area contributed by atoms with E-state index in [2.05, 4.69) is 28.6 Å². The maximum Gasteiger partial charge on any atom is 0.251 e. The van der Waals surface area contributed by atoms with Gasteiger partial charge in [-0.2, -0.15) is 5.10 Å². The van der Waals surface area contributed by atoms with Crippen molar-refractivity contribution in [2.24, 2.45) is 0 Å². The summed E-state index contributed by atoms with van der Waals surface area (Å²) in [6, 6.07) is 10.00. The Morgan fingerprint density at radius 2 is 2.00 bits per heavy atom. The largest absolute Gasteiger partial charge is 0.348 e. The fourth-order valence-electron chi connectivity index (χ4n) is 2.80. The van der Waals surface area contributed by atoms with Crippen molar-refractivity contribution in [2.75, 3.05) is 0 Å². The molecule has 4 heteroatoms. The van der Waals surface area contributed by atoms with Gasteiger partial charge in [0.25, 0.3) is 5.91 Å². The number of aromatic nitrogens is 2. The Labute approximate surface area is 116 Å². The first-order chi connectivity index (χ1) is 9.74. The van der Waals surface area contributed by atoms with Crippen LogP contribution in [0.1, 0.15) is 21.5 Å². The Hall–Kier alpha value is -2.62. The Morgan fingerprint density at radius 3 is 2.90 bits per heavy atom. The first-order valence-electron chi connectivity index (χ1n) is 6.58. The summed E-state index contributed by atoms with van der Waals surface area (Å²) >= 11 is 0. The zero-order valence-electron chi connectivity index (χ0n) is 11.1. The predicted octanol–water partition coefficient (Wildman–Crippen LogP) is 2.55. The molecule has 3 aromatic rings. The summed E-state index contributed by atoms with van der Waals surface area (Å²) in [6.45, 7) is 2.64. The number of aryl methyl sites for hydroxylation is 1.